The highest BCUT2D eigenvalue weighted by molar-refractivity contribution is 7.15. The van der Waals surface area contributed by atoms with Crippen LogP contribution in [0, 0.1) is 5.92 Å². The van der Waals surface area contributed by atoms with Crippen LogP contribution in [0.4, 0.5) is 5.13 Å². The van der Waals surface area contributed by atoms with Crippen LogP contribution in [0.1, 0.15) is 25.3 Å². The second-order valence-corrected chi connectivity index (χ2v) is 5.31. The van der Waals surface area contributed by atoms with Crippen molar-refractivity contribution in [3.8, 4) is 0 Å². The van der Waals surface area contributed by atoms with Crippen molar-refractivity contribution >= 4 is 28.2 Å². The number of hydrogen-bond acceptors (Lipinski definition) is 5. The molecule has 1 aromatic rings. The molecule has 2 heterocycles. The van der Waals surface area contributed by atoms with Crippen LogP contribution < -0.4 is 4.90 Å². The van der Waals surface area contributed by atoms with Gasteiger partial charge in [-0.15, -0.1) is 10.2 Å². The second kappa shape index (κ2) is 4.29. The molecule has 1 aromatic heterocycles. The topological polar surface area (TPSA) is 63.2 Å². The van der Waals surface area contributed by atoms with Crippen LogP contribution in [0.25, 0.3) is 0 Å². The lowest BCUT2D eigenvalue weighted by Gasteiger charge is -2.07. The largest absolute Gasteiger partial charge is 0.297 e. The van der Waals surface area contributed by atoms with Crippen LogP contribution in [0.3, 0.4) is 0 Å². The normalized spacial score (nSPS) is 16.6. The first-order chi connectivity index (χ1) is 7.56. The fourth-order valence-corrected chi connectivity index (χ4v) is 2.61. The number of anilines is 1. The second-order valence-electron chi connectivity index (χ2n) is 4.27. The van der Waals surface area contributed by atoms with E-state index < -0.39 is 0 Å². The van der Waals surface area contributed by atoms with Crippen LogP contribution in [0.2, 0.25) is 0 Å². The molecule has 86 valence electrons. The van der Waals surface area contributed by atoms with Gasteiger partial charge in [0, 0.05) is 6.42 Å². The van der Waals surface area contributed by atoms with E-state index in [0.717, 1.165) is 11.4 Å². The Morgan fingerprint density at radius 3 is 2.69 bits per heavy atom. The Labute approximate surface area is 97.5 Å². The van der Waals surface area contributed by atoms with Gasteiger partial charge in [0.05, 0.1) is 13.0 Å². The zero-order valence-corrected chi connectivity index (χ0v) is 10.1. The first-order valence-corrected chi connectivity index (χ1v) is 6.02. The summed E-state index contributed by atoms with van der Waals surface area (Å²) in [6, 6.07) is 0. The summed E-state index contributed by atoms with van der Waals surface area (Å²) in [7, 11) is 0. The number of aromatic nitrogens is 2. The maximum absolute atomic E-state index is 11.5. The fraction of sp³-hybridized carbons (Fsp3) is 0.600. The number of nitrogens with zero attached hydrogens (tertiary/aromatic N) is 3. The Bertz CT molecular complexity index is 427. The molecule has 16 heavy (non-hydrogen) atoms. The highest BCUT2D eigenvalue weighted by Gasteiger charge is 2.30. The zero-order chi connectivity index (χ0) is 11.7. The van der Waals surface area contributed by atoms with E-state index in [9.17, 15) is 9.59 Å². The van der Waals surface area contributed by atoms with Crippen molar-refractivity contribution in [3.63, 3.8) is 0 Å². The number of amides is 1. The summed E-state index contributed by atoms with van der Waals surface area (Å²) in [6.07, 6.45) is 0.854. The average molecular weight is 239 g/mol. The number of ketones is 1. The molecule has 1 amide bonds. The van der Waals surface area contributed by atoms with E-state index in [4.69, 9.17) is 0 Å². The Morgan fingerprint density at radius 1 is 1.38 bits per heavy atom. The highest BCUT2D eigenvalue weighted by Crippen LogP contribution is 2.25. The molecule has 0 N–H and O–H groups in total. The quantitative estimate of drug-likeness (QED) is 0.739. The Hall–Kier alpha value is -1.30. The third-order valence-corrected chi connectivity index (χ3v) is 3.22. The van der Waals surface area contributed by atoms with Crippen molar-refractivity contribution < 1.29 is 9.59 Å². The van der Waals surface area contributed by atoms with Crippen molar-refractivity contribution in [3.05, 3.63) is 5.01 Å². The molecule has 1 aliphatic rings. The summed E-state index contributed by atoms with van der Waals surface area (Å²) < 4.78 is 0. The lowest BCUT2D eigenvalue weighted by atomic mass is 10.1. The van der Waals surface area contributed by atoms with Crippen LogP contribution >= 0.6 is 11.3 Å². The van der Waals surface area contributed by atoms with Crippen molar-refractivity contribution in [2.75, 3.05) is 11.4 Å². The lowest BCUT2D eigenvalue weighted by molar-refractivity contribution is -0.121. The predicted octanol–water partition coefficient (Wildman–Crippen LogP) is 1.04. The third-order valence-electron chi connectivity index (χ3n) is 2.25. The molecule has 5 nitrogen and oxygen atoms in total. The molecule has 0 aliphatic carbocycles. The summed E-state index contributed by atoms with van der Waals surface area (Å²) >= 11 is 1.39. The van der Waals surface area contributed by atoms with Gasteiger partial charge < -0.3 is 0 Å². The molecule has 0 saturated carbocycles. The maximum atomic E-state index is 11.5. The van der Waals surface area contributed by atoms with Crippen LogP contribution in [0.15, 0.2) is 0 Å². The van der Waals surface area contributed by atoms with E-state index in [1.165, 1.54) is 16.2 Å². The van der Waals surface area contributed by atoms with E-state index in [2.05, 4.69) is 24.0 Å². The number of carbonyl (C=O) groups is 2. The molecule has 0 atom stereocenters. The standard InChI is InChI=1S/C10H13N3O2S/c1-6(2)3-8-11-12-10(16-8)13-5-7(14)4-9(13)15/h6H,3-5H2,1-2H3. The first-order valence-electron chi connectivity index (χ1n) is 5.20. The van der Waals surface area contributed by atoms with Gasteiger partial charge in [-0.1, -0.05) is 25.2 Å². The van der Waals surface area contributed by atoms with Crippen molar-refractivity contribution in [2.24, 2.45) is 5.92 Å². The van der Waals surface area contributed by atoms with E-state index in [1.54, 1.807) is 0 Å². The van der Waals surface area contributed by atoms with Gasteiger partial charge in [-0.25, -0.2) is 0 Å². The van der Waals surface area contributed by atoms with E-state index in [-0.39, 0.29) is 24.7 Å². The fourth-order valence-electron chi connectivity index (χ4n) is 1.54. The minimum atomic E-state index is -0.169. The van der Waals surface area contributed by atoms with Crippen LogP contribution in [-0.4, -0.2) is 28.4 Å². The summed E-state index contributed by atoms with van der Waals surface area (Å²) in [5.74, 6) is 0.291. The van der Waals surface area contributed by atoms with Gasteiger partial charge in [0.1, 0.15) is 5.01 Å². The molecule has 0 radical (unpaired) electrons. The number of carbonyl (C=O) groups excluding carboxylic acids is 2. The molecule has 0 bridgehead atoms. The summed E-state index contributed by atoms with van der Waals surface area (Å²) in [4.78, 5) is 24.0. The number of rotatable bonds is 3. The van der Waals surface area contributed by atoms with Gasteiger partial charge in [-0.05, 0) is 5.92 Å². The van der Waals surface area contributed by atoms with Gasteiger partial charge in [0.25, 0.3) is 0 Å². The monoisotopic (exact) mass is 239 g/mol. The van der Waals surface area contributed by atoms with Crippen LogP contribution in [0.5, 0.6) is 0 Å². The summed E-state index contributed by atoms with van der Waals surface area (Å²) in [6.45, 7) is 4.35. The SMILES string of the molecule is CC(C)Cc1nnc(N2CC(=O)CC2=O)s1. The summed E-state index contributed by atoms with van der Waals surface area (Å²) in [5, 5.41) is 9.44. The van der Waals surface area contributed by atoms with Gasteiger partial charge >= 0.3 is 0 Å². The molecule has 0 aromatic carbocycles. The van der Waals surface area contributed by atoms with E-state index in [1.807, 2.05) is 0 Å². The average Bonchev–Trinajstić information content (AvgIpc) is 2.72. The minimum Gasteiger partial charge on any atom is -0.297 e. The van der Waals surface area contributed by atoms with Crippen molar-refractivity contribution in [2.45, 2.75) is 26.7 Å². The Balaban J connectivity index is 2.13. The van der Waals surface area contributed by atoms with Gasteiger partial charge in [0.2, 0.25) is 11.0 Å². The minimum absolute atomic E-state index is 0.000899. The molecule has 1 saturated heterocycles. The lowest BCUT2D eigenvalue weighted by Crippen LogP contribution is -2.24. The van der Waals surface area contributed by atoms with Crippen molar-refractivity contribution in [1.29, 1.82) is 0 Å². The van der Waals surface area contributed by atoms with Gasteiger partial charge in [-0.3, -0.25) is 14.5 Å². The first kappa shape index (κ1) is 11.2. The zero-order valence-electron chi connectivity index (χ0n) is 9.27. The molecule has 0 unspecified atom stereocenters. The number of hydrogen-bond donors (Lipinski definition) is 0. The molecular formula is C10H13N3O2S. The highest BCUT2D eigenvalue weighted by atomic mass is 32.1. The molecule has 1 fully saturated rings. The molecule has 2 rings (SSSR count). The van der Waals surface area contributed by atoms with Gasteiger partial charge in [0.15, 0.2) is 5.78 Å². The molecule has 1 aliphatic heterocycles. The third kappa shape index (κ3) is 2.27. The maximum Gasteiger partial charge on any atom is 0.236 e. The van der Waals surface area contributed by atoms with E-state index in [0.29, 0.717) is 11.0 Å². The molecular weight excluding hydrogens is 226 g/mol. The smallest absolute Gasteiger partial charge is 0.236 e. The Kier molecular flexibility index (Phi) is 3.00. The molecule has 0 spiro atoms. The van der Waals surface area contributed by atoms with Crippen LogP contribution in [-0.2, 0) is 16.0 Å². The predicted molar refractivity (Wildman–Crippen MR) is 60.4 cm³/mol. The van der Waals surface area contributed by atoms with Crippen molar-refractivity contribution in [1.82, 2.24) is 10.2 Å². The Morgan fingerprint density at radius 2 is 2.12 bits per heavy atom. The summed E-state index contributed by atoms with van der Waals surface area (Å²) in [5.41, 5.74) is 0. The number of Topliss-reactive ketones (excluding diaryl/α,β-unsaturated/α-hetero) is 1. The van der Waals surface area contributed by atoms with Gasteiger partial charge in [-0.2, -0.15) is 0 Å². The molecule has 6 heteroatoms. The van der Waals surface area contributed by atoms with E-state index >= 15 is 0 Å².